The summed E-state index contributed by atoms with van der Waals surface area (Å²) in [6.07, 6.45) is -1.30. The van der Waals surface area contributed by atoms with E-state index in [4.69, 9.17) is 38.9 Å². The Hall–Kier alpha value is -3.62. The number of carbonyl (C=O) groups excluding carboxylic acids is 2. The number of carbonyl (C=O) groups is 2. The number of halogens is 2. The van der Waals surface area contributed by atoms with Crippen molar-refractivity contribution in [3.63, 3.8) is 0 Å². The highest BCUT2D eigenvalue weighted by Gasteiger charge is 2.15. The maximum Gasteiger partial charge on any atom is 0.404 e. The molecule has 0 bridgehead atoms. The lowest BCUT2D eigenvalue weighted by atomic mass is 10.1. The zero-order chi connectivity index (χ0) is 23.8. The Labute approximate surface area is 192 Å². The van der Waals surface area contributed by atoms with Gasteiger partial charge in [0.2, 0.25) is 11.6 Å². The van der Waals surface area contributed by atoms with Crippen LogP contribution < -0.4 is 21.5 Å². The second-order valence-electron chi connectivity index (χ2n) is 6.54. The molecule has 0 aliphatic carbocycles. The van der Waals surface area contributed by atoms with Crippen molar-refractivity contribution in [3.05, 3.63) is 44.2 Å². The van der Waals surface area contributed by atoms with Crippen molar-refractivity contribution in [1.82, 2.24) is 10.2 Å². The zero-order valence-electron chi connectivity index (χ0n) is 16.9. The highest BCUT2D eigenvalue weighted by molar-refractivity contribution is 6.46. The van der Waals surface area contributed by atoms with E-state index in [0.717, 1.165) is 0 Å². The summed E-state index contributed by atoms with van der Waals surface area (Å²) in [7, 11) is 0. The normalized spacial score (nSPS) is 11.1. The molecule has 0 aliphatic heterocycles. The molecule has 32 heavy (non-hydrogen) atoms. The van der Waals surface area contributed by atoms with Crippen LogP contribution in [0.1, 0.15) is 31.7 Å². The molecule has 2 rings (SSSR count). The van der Waals surface area contributed by atoms with Crippen molar-refractivity contribution in [2.75, 3.05) is 12.0 Å². The molecule has 1 aromatic heterocycles. The first-order valence-electron chi connectivity index (χ1n) is 9.08. The Bertz CT molecular complexity index is 1130. The Balaban J connectivity index is 2.17. The molecular weight excluding hydrogens is 463 g/mol. The maximum absolute atomic E-state index is 11.9. The smallest absolute Gasteiger partial charge is 0.404 e. The van der Waals surface area contributed by atoms with Gasteiger partial charge in [-0.3, -0.25) is 15.0 Å². The number of Topliss-reactive ketones (excluding diaryl/α,β-unsaturated/α-hetero) is 1. The van der Waals surface area contributed by atoms with Crippen molar-refractivity contribution in [2.24, 2.45) is 10.8 Å². The van der Waals surface area contributed by atoms with Crippen LogP contribution in [-0.4, -0.2) is 34.4 Å². The van der Waals surface area contributed by atoms with Crippen LogP contribution in [0.4, 0.5) is 10.5 Å². The molecular formula is C19H18Cl2N6O5. The van der Waals surface area contributed by atoms with Gasteiger partial charge < -0.3 is 15.2 Å². The number of nitrogens with zero attached hydrogens (tertiary/aromatic N) is 3. The summed E-state index contributed by atoms with van der Waals surface area (Å²) in [5, 5.41) is 19.1. The SMILES string of the molecule is CC(C)c1cc(Oc2c(Cl)cc(N/N=C(/C#N)C(=O)CCOC(N)=O)cc2Cl)n[nH]c1=O. The lowest BCUT2D eigenvalue weighted by Gasteiger charge is -2.12. The lowest BCUT2D eigenvalue weighted by molar-refractivity contribution is -0.113. The van der Waals surface area contributed by atoms with Gasteiger partial charge in [0.15, 0.2) is 11.5 Å². The lowest BCUT2D eigenvalue weighted by Crippen LogP contribution is -2.19. The van der Waals surface area contributed by atoms with Crippen LogP contribution in [0.2, 0.25) is 10.0 Å². The molecule has 1 aromatic carbocycles. The molecule has 1 heterocycles. The van der Waals surface area contributed by atoms with Gasteiger partial charge in [0.05, 0.1) is 15.7 Å². The maximum atomic E-state index is 11.9. The van der Waals surface area contributed by atoms with Gasteiger partial charge in [-0.25, -0.2) is 9.89 Å². The quantitative estimate of drug-likeness (QED) is 0.361. The molecule has 0 spiro atoms. The summed E-state index contributed by atoms with van der Waals surface area (Å²) in [5.41, 5.74) is 7.27. The van der Waals surface area contributed by atoms with E-state index in [9.17, 15) is 14.4 Å². The monoisotopic (exact) mass is 480 g/mol. The number of H-pyrrole nitrogens is 1. The van der Waals surface area contributed by atoms with Crippen molar-refractivity contribution in [1.29, 1.82) is 5.26 Å². The predicted molar refractivity (Wildman–Crippen MR) is 117 cm³/mol. The van der Waals surface area contributed by atoms with E-state index in [0.29, 0.717) is 5.56 Å². The van der Waals surface area contributed by atoms with E-state index in [1.54, 1.807) is 6.07 Å². The Morgan fingerprint density at radius 3 is 2.53 bits per heavy atom. The summed E-state index contributed by atoms with van der Waals surface area (Å²) >= 11 is 12.5. The standard InChI is InChI=1S/C19H18Cl2N6O5/c1-9(2)11-7-16(26-27-18(11)29)32-17-12(20)5-10(6-13(17)21)24-25-14(8-22)15(28)3-4-31-19(23)30/h5-7,9,24H,3-4H2,1-2H3,(H2,23,30)(H,27,29)/b25-14-. The van der Waals surface area contributed by atoms with E-state index in [1.807, 2.05) is 13.8 Å². The predicted octanol–water partition coefficient (Wildman–Crippen LogP) is 3.34. The summed E-state index contributed by atoms with van der Waals surface area (Å²) in [5.74, 6) is -0.550. The first-order valence-corrected chi connectivity index (χ1v) is 9.83. The fraction of sp³-hybridized carbons (Fsp3) is 0.263. The van der Waals surface area contributed by atoms with Gasteiger partial charge in [-0.05, 0) is 18.1 Å². The summed E-state index contributed by atoms with van der Waals surface area (Å²) in [6, 6.07) is 5.93. The second-order valence-corrected chi connectivity index (χ2v) is 7.36. The average Bonchev–Trinajstić information content (AvgIpc) is 2.71. The van der Waals surface area contributed by atoms with E-state index in [1.165, 1.54) is 18.2 Å². The number of aromatic nitrogens is 2. The first-order chi connectivity index (χ1) is 15.1. The van der Waals surface area contributed by atoms with Gasteiger partial charge in [-0.2, -0.15) is 10.4 Å². The van der Waals surface area contributed by atoms with E-state index in [-0.39, 0.29) is 51.9 Å². The summed E-state index contributed by atoms with van der Waals surface area (Å²) in [6.45, 7) is 3.41. The minimum Gasteiger partial charge on any atom is -0.449 e. The van der Waals surface area contributed by atoms with Gasteiger partial charge >= 0.3 is 6.09 Å². The molecule has 0 aliphatic rings. The van der Waals surface area contributed by atoms with Crippen LogP contribution in [0.5, 0.6) is 11.6 Å². The third-order valence-electron chi connectivity index (χ3n) is 3.88. The van der Waals surface area contributed by atoms with Crippen molar-refractivity contribution >= 4 is 46.5 Å². The molecule has 2 aromatic rings. The third kappa shape index (κ3) is 6.69. The van der Waals surface area contributed by atoms with E-state index < -0.39 is 17.6 Å². The number of nitrogens with one attached hydrogen (secondary N) is 2. The number of aromatic amines is 1. The Morgan fingerprint density at radius 1 is 1.31 bits per heavy atom. The second kappa shape index (κ2) is 11.1. The number of hydrogen-bond donors (Lipinski definition) is 3. The van der Waals surface area contributed by atoms with Crippen LogP contribution in [0.3, 0.4) is 0 Å². The fourth-order valence-electron chi connectivity index (χ4n) is 2.34. The number of anilines is 1. The number of ether oxygens (including phenoxy) is 2. The third-order valence-corrected chi connectivity index (χ3v) is 4.44. The molecule has 0 atom stereocenters. The topological polar surface area (TPSA) is 173 Å². The highest BCUT2D eigenvalue weighted by Crippen LogP contribution is 2.38. The van der Waals surface area contributed by atoms with Crippen LogP contribution in [-0.2, 0) is 9.53 Å². The summed E-state index contributed by atoms with van der Waals surface area (Å²) < 4.78 is 10.1. The average molecular weight is 481 g/mol. The van der Waals surface area contributed by atoms with Gasteiger partial charge in [-0.15, -0.1) is 5.10 Å². The molecule has 11 nitrogen and oxygen atoms in total. The molecule has 0 unspecified atom stereocenters. The zero-order valence-corrected chi connectivity index (χ0v) is 18.5. The molecule has 0 saturated carbocycles. The number of nitrogens with two attached hydrogens (primary N) is 1. The van der Waals surface area contributed by atoms with Crippen molar-refractivity contribution in [3.8, 4) is 17.7 Å². The highest BCUT2D eigenvalue weighted by atomic mass is 35.5. The van der Waals surface area contributed by atoms with Crippen molar-refractivity contribution in [2.45, 2.75) is 26.2 Å². The number of benzene rings is 1. The number of ketones is 1. The molecule has 4 N–H and O–H groups in total. The largest absolute Gasteiger partial charge is 0.449 e. The van der Waals surface area contributed by atoms with Crippen molar-refractivity contribution < 1.29 is 19.1 Å². The molecule has 13 heteroatoms. The van der Waals surface area contributed by atoms with Gasteiger partial charge in [0, 0.05) is 18.1 Å². The molecule has 0 saturated heterocycles. The number of amides is 1. The minimum atomic E-state index is -1.03. The van der Waals surface area contributed by atoms with Gasteiger partial charge in [0.25, 0.3) is 5.56 Å². The number of nitriles is 1. The van der Waals surface area contributed by atoms with E-state index >= 15 is 0 Å². The fourth-order valence-corrected chi connectivity index (χ4v) is 2.91. The molecule has 1 amide bonds. The number of hydrazone groups is 1. The Morgan fingerprint density at radius 2 is 1.97 bits per heavy atom. The number of rotatable bonds is 9. The van der Waals surface area contributed by atoms with Crippen LogP contribution in [0.15, 0.2) is 28.1 Å². The van der Waals surface area contributed by atoms with Gasteiger partial charge in [0.1, 0.15) is 12.7 Å². The van der Waals surface area contributed by atoms with Crippen LogP contribution in [0.25, 0.3) is 0 Å². The van der Waals surface area contributed by atoms with Crippen LogP contribution in [0, 0.1) is 11.3 Å². The Kier molecular flexibility index (Phi) is 8.57. The number of hydrogen-bond acceptors (Lipinski definition) is 9. The molecule has 0 fully saturated rings. The van der Waals surface area contributed by atoms with Crippen LogP contribution >= 0.6 is 23.2 Å². The molecule has 168 valence electrons. The molecule has 0 radical (unpaired) electrons. The number of primary amides is 1. The van der Waals surface area contributed by atoms with Gasteiger partial charge in [-0.1, -0.05) is 37.0 Å². The minimum absolute atomic E-state index is 0.0566. The van der Waals surface area contributed by atoms with E-state index in [2.05, 4.69) is 25.5 Å². The first kappa shape index (κ1) is 24.6. The summed E-state index contributed by atoms with van der Waals surface area (Å²) in [4.78, 5) is 34.3.